The normalized spacial score (nSPS) is 32.9. The van der Waals surface area contributed by atoms with Crippen molar-refractivity contribution in [3.63, 3.8) is 0 Å². The van der Waals surface area contributed by atoms with Crippen LogP contribution in [0.4, 0.5) is 0 Å². The first-order valence-electron chi connectivity index (χ1n) is 7.01. The van der Waals surface area contributed by atoms with Gasteiger partial charge in [-0.1, -0.05) is 13.8 Å². The van der Waals surface area contributed by atoms with Gasteiger partial charge in [0.1, 0.15) is 7.85 Å². The molecule has 1 fully saturated rings. The summed E-state index contributed by atoms with van der Waals surface area (Å²) in [5.41, 5.74) is 0. The van der Waals surface area contributed by atoms with E-state index in [4.69, 9.17) is 22.1 Å². The molecule has 0 N–H and O–H groups in total. The third kappa shape index (κ3) is 4.25. The van der Waals surface area contributed by atoms with Crippen LogP contribution in [0.5, 0.6) is 0 Å². The van der Waals surface area contributed by atoms with Gasteiger partial charge in [0.05, 0.1) is 31.0 Å². The van der Waals surface area contributed by atoms with Crippen LogP contribution >= 0.6 is 0 Å². The van der Waals surface area contributed by atoms with Gasteiger partial charge in [-0.2, -0.15) is 0 Å². The summed E-state index contributed by atoms with van der Waals surface area (Å²) in [6.45, 7) is 13.1. The van der Waals surface area contributed by atoms with E-state index >= 15 is 0 Å². The molecule has 1 heterocycles. The van der Waals surface area contributed by atoms with Crippen LogP contribution in [0.1, 0.15) is 41.5 Å². The Labute approximate surface area is 113 Å². The molecule has 0 aliphatic carbocycles. The van der Waals surface area contributed by atoms with Crippen LogP contribution in [-0.4, -0.2) is 44.9 Å². The lowest BCUT2D eigenvalue weighted by atomic mass is 9.81. The summed E-state index contributed by atoms with van der Waals surface area (Å²) in [6, 6.07) is -0.347. The maximum atomic E-state index is 6.05. The van der Waals surface area contributed by atoms with E-state index in [1.165, 1.54) is 0 Å². The van der Waals surface area contributed by atoms with Gasteiger partial charge in [0.2, 0.25) is 0 Å². The molecule has 1 rings (SSSR count). The van der Waals surface area contributed by atoms with E-state index in [9.17, 15) is 0 Å². The van der Waals surface area contributed by atoms with Crippen LogP contribution in [0.15, 0.2) is 0 Å². The molecule has 4 unspecified atom stereocenters. The van der Waals surface area contributed by atoms with Crippen LogP contribution in [-0.2, 0) is 14.2 Å². The van der Waals surface area contributed by atoms with Gasteiger partial charge in [-0.3, -0.25) is 0 Å². The minimum Gasteiger partial charge on any atom is -0.379 e. The van der Waals surface area contributed by atoms with E-state index in [-0.39, 0.29) is 30.4 Å². The van der Waals surface area contributed by atoms with Gasteiger partial charge in [0.25, 0.3) is 0 Å². The molecular weight excluding hydrogens is 227 g/mol. The third-order valence-electron chi connectivity index (χ3n) is 3.26. The summed E-state index contributed by atoms with van der Waals surface area (Å²) >= 11 is 0. The number of hydrogen-bond acceptors (Lipinski definition) is 3. The number of rotatable bonds is 6. The Bertz CT molecular complexity index is 243. The Morgan fingerprint density at radius 2 is 1.67 bits per heavy atom. The molecular formula is C14H27BO3. The van der Waals surface area contributed by atoms with E-state index in [0.717, 1.165) is 0 Å². The molecule has 0 aromatic rings. The predicted octanol–water partition coefficient (Wildman–Crippen LogP) is 2.37. The second-order valence-electron chi connectivity index (χ2n) is 5.99. The molecule has 2 radical (unpaired) electrons. The zero-order chi connectivity index (χ0) is 13.9. The minimum atomic E-state index is -0.347. The smallest absolute Gasteiger partial charge is 0.112 e. The lowest BCUT2D eigenvalue weighted by molar-refractivity contribution is -0.0336. The summed E-state index contributed by atoms with van der Waals surface area (Å²) in [7, 11) is 6.05. The summed E-state index contributed by atoms with van der Waals surface area (Å²) in [5.74, 6) is 0.754. The lowest BCUT2D eigenvalue weighted by Crippen LogP contribution is -2.37. The summed E-state index contributed by atoms with van der Waals surface area (Å²) in [6.07, 6.45) is 0.371. The molecule has 4 heteroatoms. The average Bonchev–Trinajstić information content (AvgIpc) is 2.52. The Morgan fingerprint density at radius 3 is 2.11 bits per heavy atom. The summed E-state index contributed by atoms with van der Waals surface area (Å²) in [5, 5.41) is 0. The first-order chi connectivity index (χ1) is 8.32. The third-order valence-corrected chi connectivity index (χ3v) is 3.26. The van der Waals surface area contributed by atoms with Crippen molar-refractivity contribution in [2.45, 2.75) is 72.0 Å². The molecule has 0 aromatic carbocycles. The Balaban J connectivity index is 2.68. The highest BCUT2D eigenvalue weighted by atomic mass is 16.6. The predicted molar refractivity (Wildman–Crippen MR) is 73.8 cm³/mol. The fraction of sp³-hybridized carbons (Fsp3) is 1.00. The fourth-order valence-electron chi connectivity index (χ4n) is 2.53. The van der Waals surface area contributed by atoms with Crippen molar-refractivity contribution in [1.29, 1.82) is 0 Å². The molecule has 18 heavy (non-hydrogen) atoms. The molecule has 4 atom stereocenters. The lowest BCUT2D eigenvalue weighted by Gasteiger charge is -2.29. The van der Waals surface area contributed by atoms with E-state index in [2.05, 4.69) is 13.8 Å². The van der Waals surface area contributed by atoms with Crippen molar-refractivity contribution in [2.24, 2.45) is 11.8 Å². The van der Waals surface area contributed by atoms with Crippen molar-refractivity contribution in [2.75, 3.05) is 6.61 Å². The van der Waals surface area contributed by atoms with Gasteiger partial charge < -0.3 is 14.2 Å². The maximum Gasteiger partial charge on any atom is 0.112 e. The van der Waals surface area contributed by atoms with Crippen molar-refractivity contribution < 1.29 is 14.2 Å². The van der Waals surface area contributed by atoms with Crippen molar-refractivity contribution >= 4 is 7.85 Å². The molecule has 3 nitrogen and oxygen atoms in total. The maximum absolute atomic E-state index is 6.05. The largest absolute Gasteiger partial charge is 0.379 e. The van der Waals surface area contributed by atoms with Crippen molar-refractivity contribution in [1.82, 2.24) is 0 Å². The SMILES string of the molecule is [B]C1OC(COC(C)C)C(C(C)C)C1OC(C)C. The Morgan fingerprint density at radius 1 is 1.06 bits per heavy atom. The van der Waals surface area contributed by atoms with Gasteiger partial charge in [0, 0.05) is 11.9 Å². The molecule has 1 saturated heterocycles. The van der Waals surface area contributed by atoms with Crippen LogP contribution in [0.2, 0.25) is 0 Å². The second-order valence-corrected chi connectivity index (χ2v) is 5.99. The highest BCUT2D eigenvalue weighted by Gasteiger charge is 2.44. The summed E-state index contributed by atoms with van der Waals surface area (Å²) < 4.78 is 17.4. The second kappa shape index (κ2) is 6.92. The first kappa shape index (κ1) is 16.0. The molecule has 0 bridgehead atoms. The molecule has 0 aromatic heterocycles. The molecule has 0 saturated carbocycles. The molecule has 0 spiro atoms. The Kier molecular flexibility index (Phi) is 6.15. The zero-order valence-corrected chi connectivity index (χ0v) is 12.6. The standard InChI is InChI=1S/C14H27BO3/c1-8(2)12-11(7-16-9(3)4)18-14(15)13(12)17-10(5)6/h8-14H,7H2,1-6H3. The topological polar surface area (TPSA) is 27.7 Å². The quantitative estimate of drug-likeness (QED) is 0.681. The highest BCUT2D eigenvalue weighted by Crippen LogP contribution is 2.34. The molecule has 0 amide bonds. The van der Waals surface area contributed by atoms with Crippen molar-refractivity contribution in [3.05, 3.63) is 0 Å². The van der Waals surface area contributed by atoms with Gasteiger partial charge >= 0.3 is 0 Å². The first-order valence-corrected chi connectivity index (χ1v) is 7.01. The van der Waals surface area contributed by atoms with Crippen LogP contribution in [0.25, 0.3) is 0 Å². The monoisotopic (exact) mass is 254 g/mol. The van der Waals surface area contributed by atoms with Gasteiger partial charge in [-0.05, 0) is 33.6 Å². The van der Waals surface area contributed by atoms with Crippen molar-refractivity contribution in [3.8, 4) is 0 Å². The number of ether oxygens (including phenoxy) is 3. The van der Waals surface area contributed by atoms with E-state index in [0.29, 0.717) is 18.4 Å². The molecule has 104 valence electrons. The van der Waals surface area contributed by atoms with E-state index < -0.39 is 0 Å². The zero-order valence-electron chi connectivity index (χ0n) is 12.6. The fourth-order valence-corrected chi connectivity index (χ4v) is 2.53. The summed E-state index contributed by atoms with van der Waals surface area (Å²) in [4.78, 5) is 0. The van der Waals surface area contributed by atoms with Crippen LogP contribution < -0.4 is 0 Å². The van der Waals surface area contributed by atoms with Gasteiger partial charge in [-0.25, -0.2) is 0 Å². The highest BCUT2D eigenvalue weighted by molar-refractivity contribution is 6.11. The van der Waals surface area contributed by atoms with Crippen LogP contribution in [0, 0.1) is 11.8 Å². The minimum absolute atomic E-state index is 0.0335. The van der Waals surface area contributed by atoms with Crippen LogP contribution in [0.3, 0.4) is 0 Å². The van der Waals surface area contributed by atoms with Gasteiger partial charge in [0.15, 0.2) is 0 Å². The Hall–Kier alpha value is -0.0551. The molecule has 1 aliphatic heterocycles. The number of hydrogen-bond donors (Lipinski definition) is 0. The molecule has 1 aliphatic rings. The van der Waals surface area contributed by atoms with E-state index in [1.807, 2.05) is 27.7 Å². The van der Waals surface area contributed by atoms with E-state index in [1.54, 1.807) is 0 Å². The van der Waals surface area contributed by atoms with Gasteiger partial charge in [-0.15, -0.1) is 0 Å². The average molecular weight is 254 g/mol.